The van der Waals surface area contributed by atoms with Crippen LogP contribution in [0.2, 0.25) is 0 Å². The van der Waals surface area contributed by atoms with Gasteiger partial charge in [0.15, 0.2) is 0 Å². The molecule has 2 aliphatic rings. The third kappa shape index (κ3) is 7.28. The molecule has 36 heavy (non-hydrogen) atoms. The van der Waals surface area contributed by atoms with E-state index in [0.717, 1.165) is 36.5 Å². The Balaban J connectivity index is 1.48. The van der Waals surface area contributed by atoms with Gasteiger partial charge in [-0.1, -0.05) is 88.5 Å². The standard InChI is InChI=1S/C30H43N3O3/c1-31-29(35)25(16-21-10-4-2-5-11-21)19-28(34)26(17-22-12-6-3-7-13-22)33-30(36)27-18-23-14-8-9-15-24(23)20-32-27/h8-9,14-15,18,20-22,25-26,28,34H,2-7,10-13,16-17,19H2,1H3,(H,31,35)(H,33,36)/t25-,26+,28+/m1/s1. The van der Waals surface area contributed by atoms with Crippen LogP contribution in [-0.2, 0) is 4.79 Å². The molecule has 1 aromatic heterocycles. The van der Waals surface area contributed by atoms with Gasteiger partial charge >= 0.3 is 0 Å². The molecular weight excluding hydrogens is 450 g/mol. The predicted octanol–water partition coefficient (Wildman–Crippen LogP) is 5.39. The molecule has 0 radical (unpaired) electrons. The first-order chi connectivity index (χ1) is 17.5. The van der Waals surface area contributed by atoms with Crippen molar-refractivity contribution in [3.63, 3.8) is 0 Å². The molecule has 2 amide bonds. The number of nitrogens with zero attached hydrogens (tertiary/aromatic N) is 1. The molecule has 2 aliphatic carbocycles. The van der Waals surface area contributed by atoms with Gasteiger partial charge < -0.3 is 15.7 Å². The van der Waals surface area contributed by atoms with Gasteiger partial charge in [-0.15, -0.1) is 0 Å². The monoisotopic (exact) mass is 493 g/mol. The highest BCUT2D eigenvalue weighted by atomic mass is 16.3. The molecule has 1 heterocycles. The lowest BCUT2D eigenvalue weighted by Gasteiger charge is -2.32. The maximum atomic E-state index is 13.3. The van der Waals surface area contributed by atoms with E-state index in [0.29, 0.717) is 24.0 Å². The van der Waals surface area contributed by atoms with Crippen molar-refractivity contribution in [3.8, 4) is 0 Å². The van der Waals surface area contributed by atoms with E-state index in [4.69, 9.17) is 0 Å². The van der Waals surface area contributed by atoms with Crippen LogP contribution in [0, 0.1) is 17.8 Å². The normalized spacial score (nSPS) is 19.9. The number of carbonyl (C=O) groups is 2. The van der Waals surface area contributed by atoms with Crippen LogP contribution in [0.25, 0.3) is 10.8 Å². The Hall–Kier alpha value is -2.47. The Morgan fingerprint density at radius 1 is 0.944 bits per heavy atom. The minimum atomic E-state index is -0.776. The summed E-state index contributed by atoms with van der Waals surface area (Å²) in [6.45, 7) is 0. The predicted molar refractivity (Wildman–Crippen MR) is 144 cm³/mol. The topological polar surface area (TPSA) is 91.3 Å². The van der Waals surface area contributed by atoms with Crippen LogP contribution in [0.4, 0.5) is 0 Å². The molecule has 3 N–H and O–H groups in total. The second kappa shape index (κ2) is 13.2. The zero-order chi connectivity index (χ0) is 25.3. The van der Waals surface area contributed by atoms with Gasteiger partial charge in [0.25, 0.3) is 5.91 Å². The quantitative estimate of drug-likeness (QED) is 0.414. The first kappa shape index (κ1) is 26.6. The maximum Gasteiger partial charge on any atom is 0.270 e. The van der Waals surface area contributed by atoms with Gasteiger partial charge in [0.05, 0.1) is 12.1 Å². The van der Waals surface area contributed by atoms with Gasteiger partial charge in [0.2, 0.25) is 5.91 Å². The van der Waals surface area contributed by atoms with Gasteiger partial charge in [0, 0.05) is 24.5 Å². The number of amides is 2. The Morgan fingerprint density at radius 2 is 1.56 bits per heavy atom. The van der Waals surface area contributed by atoms with Crippen LogP contribution >= 0.6 is 0 Å². The van der Waals surface area contributed by atoms with E-state index in [1.165, 1.54) is 51.4 Å². The fourth-order valence-electron chi connectivity index (χ4n) is 6.34. The number of hydrogen-bond acceptors (Lipinski definition) is 4. The molecular formula is C30H43N3O3. The third-order valence-corrected chi connectivity index (χ3v) is 8.44. The van der Waals surface area contributed by atoms with Crippen molar-refractivity contribution >= 4 is 22.6 Å². The molecule has 2 fully saturated rings. The van der Waals surface area contributed by atoms with Crippen LogP contribution < -0.4 is 10.6 Å². The van der Waals surface area contributed by atoms with Crippen molar-refractivity contribution in [1.82, 2.24) is 15.6 Å². The van der Waals surface area contributed by atoms with Crippen LogP contribution in [0.1, 0.15) is 94.0 Å². The Bertz CT molecular complexity index is 998. The number of aliphatic hydroxyl groups excluding tert-OH is 1. The molecule has 2 aromatic rings. The van der Waals surface area contributed by atoms with Crippen LogP contribution in [0.15, 0.2) is 36.5 Å². The van der Waals surface area contributed by atoms with Crippen molar-refractivity contribution < 1.29 is 14.7 Å². The number of rotatable bonds is 10. The summed E-state index contributed by atoms with van der Waals surface area (Å²) in [4.78, 5) is 30.4. The molecule has 0 aliphatic heterocycles. The zero-order valence-corrected chi connectivity index (χ0v) is 21.8. The minimum absolute atomic E-state index is 0.00133. The maximum absolute atomic E-state index is 13.3. The SMILES string of the molecule is CNC(=O)[C@H](CC1CCCCC1)C[C@H](O)[C@H](CC1CCCCC1)NC(=O)c1cc2ccccc2cn1. The lowest BCUT2D eigenvalue weighted by atomic mass is 9.79. The van der Waals surface area contributed by atoms with Gasteiger partial charge in [-0.3, -0.25) is 14.6 Å². The van der Waals surface area contributed by atoms with E-state index in [-0.39, 0.29) is 17.7 Å². The molecule has 0 spiro atoms. The highest BCUT2D eigenvalue weighted by Crippen LogP contribution is 2.33. The number of fused-ring (bicyclic) bond motifs is 1. The lowest BCUT2D eigenvalue weighted by molar-refractivity contribution is -0.126. The average molecular weight is 494 g/mol. The molecule has 2 saturated carbocycles. The summed E-state index contributed by atoms with van der Waals surface area (Å²) < 4.78 is 0. The summed E-state index contributed by atoms with van der Waals surface area (Å²) in [5.74, 6) is 0.530. The molecule has 4 rings (SSSR count). The number of carbonyl (C=O) groups excluding carboxylic acids is 2. The summed E-state index contributed by atoms with van der Waals surface area (Å²) >= 11 is 0. The van der Waals surface area contributed by atoms with Gasteiger partial charge in [-0.2, -0.15) is 0 Å². The van der Waals surface area contributed by atoms with Crippen LogP contribution in [0.5, 0.6) is 0 Å². The Labute approximate surface area is 215 Å². The largest absolute Gasteiger partial charge is 0.391 e. The summed E-state index contributed by atoms with van der Waals surface area (Å²) in [5.41, 5.74) is 0.361. The average Bonchev–Trinajstić information content (AvgIpc) is 2.92. The van der Waals surface area contributed by atoms with Crippen LogP contribution in [0.3, 0.4) is 0 Å². The number of benzene rings is 1. The summed E-state index contributed by atoms with van der Waals surface area (Å²) in [6.07, 6.45) is 14.9. The van der Waals surface area contributed by atoms with E-state index in [1.807, 2.05) is 30.3 Å². The Kier molecular flexibility index (Phi) is 9.74. The minimum Gasteiger partial charge on any atom is -0.391 e. The van der Waals surface area contributed by atoms with E-state index in [9.17, 15) is 14.7 Å². The number of hydrogen-bond donors (Lipinski definition) is 3. The summed E-state index contributed by atoms with van der Waals surface area (Å²) in [7, 11) is 1.68. The van der Waals surface area contributed by atoms with Gasteiger partial charge in [0.1, 0.15) is 5.69 Å². The van der Waals surface area contributed by atoms with Gasteiger partial charge in [-0.25, -0.2) is 0 Å². The molecule has 1 aromatic carbocycles. The highest BCUT2D eigenvalue weighted by molar-refractivity contribution is 5.96. The lowest BCUT2D eigenvalue weighted by Crippen LogP contribution is -2.46. The van der Waals surface area contributed by atoms with Crippen molar-refractivity contribution in [3.05, 3.63) is 42.2 Å². The molecule has 3 atom stereocenters. The smallest absolute Gasteiger partial charge is 0.270 e. The second-order valence-electron chi connectivity index (χ2n) is 11.1. The van der Waals surface area contributed by atoms with Gasteiger partial charge in [-0.05, 0) is 42.6 Å². The van der Waals surface area contributed by atoms with Crippen molar-refractivity contribution in [2.24, 2.45) is 17.8 Å². The molecule has 0 unspecified atom stereocenters. The molecule has 6 nitrogen and oxygen atoms in total. The first-order valence-corrected chi connectivity index (χ1v) is 14.1. The zero-order valence-electron chi connectivity index (χ0n) is 21.8. The number of pyridine rings is 1. The highest BCUT2D eigenvalue weighted by Gasteiger charge is 2.32. The van der Waals surface area contributed by atoms with E-state index in [2.05, 4.69) is 15.6 Å². The first-order valence-electron chi connectivity index (χ1n) is 14.1. The molecule has 6 heteroatoms. The fraction of sp³-hybridized carbons (Fsp3) is 0.633. The van der Waals surface area contributed by atoms with E-state index >= 15 is 0 Å². The summed E-state index contributed by atoms with van der Waals surface area (Å²) in [5, 5.41) is 19.3. The molecule has 196 valence electrons. The van der Waals surface area contributed by atoms with Crippen molar-refractivity contribution in [2.75, 3.05) is 7.05 Å². The number of nitrogens with one attached hydrogen (secondary N) is 2. The number of aromatic nitrogens is 1. The molecule has 0 saturated heterocycles. The summed E-state index contributed by atoms with van der Waals surface area (Å²) in [6, 6.07) is 9.27. The van der Waals surface area contributed by atoms with Crippen molar-refractivity contribution in [1.29, 1.82) is 0 Å². The van der Waals surface area contributed by atoms with Crippen LogP contribution in [-0.4, -0.2) is 41.1 Å². The number of aliphatic hydroxyl groups is 1. The Morgan fingerprint density at radius 3 is 2.19 bits per heavy atom. The second-order valence-corrected chi connectivity index (χ2v) is 11.1. The fourth-order valence-corrected chi connectivity index (χ4v) is 6.34. The molecule has 0 bridgehead atoms. The van der Waals surface area contributed by atoms with E-state index in [1.54, 1.807) is 13.2 Å². The third-order valence-electron chi connectivity index (χ3n) is 8.44. The van der Waals surface area contributed by atoms with E-state index < -0.39 is 12.1 Å². The van der Waals surface area contributed by atoms with Crippen molar-refractivity contribution in [2.45, 2.75) is 95.6 Å².